The lowest BCUT2D eigenvalue weighted by molar-refractivity contribution is -0.145. The third-order valence-corrected chi connectivity index (χ3v) is 4.82. The lowest BCUT2D eigenvalue weighted by Crippen LogP contribution is -2.34. The lowest BCUT2D eigenvalue weighted by Gasteiger charge is -2.11. The van der Waals surface area contributed by atoms with Gasteiger partial charge < -0.3 is 20.1 Å². The fourth-order valence-electron chi connectivity index (χ4n) is 2.98. The van der Waals surface area contributed by atoms with Gasteiger partial charge in [-0.3, -0.25) is 9.59 Å². The molecule has 0 saturated heterocycles. The van der Waals surface area contributed by atoms with Gasteiger partial charge in [0.1, 0.15) is 11.5 Å². The van der Waals surface area contributed by atoms with Crippen LogP contribution in [0.1, 0.15) is 24.8 Å². The second kappa shape index (κ2) is 13.0. The van der Waals surface area contributed by atoms with Crippen LogP contribution in [-0.4, -0.2) is 23.6 Å². The van der Waals surface area contributed by atoms with Gasteiger partial charge in [-0.1, -0.05) is 48.5 Å². The Labute approximate surface area is 198 Å². The first-order valence-corrected chi connectivity index (χ1v) is 11.1. The van der Waals surface area contributed by atoms with Crippen LogP contribution in [0.3, 0.4) is 0 Å². The molecule has 6 nitrogen and oxygen atoms in total. The van der Waals surface area contributed by atoms with Gasteiger partial charge in [-0.05, 0) is 67.0 Å². The molecule has 0 aromatic heterocycles. The maximum Gasteiger partial charge on any atom is 0.306 e. The van der Waals surface area contributed by atoms with Crippen molar-refractivity contribution in [3.63, 3.8) is 0 Å². The molecule has 3 aromatic rings. The van der Waals surface area contributed by atoms with E-state index < -0.39 is 5.97 Å². The molecule has 3 rings (SSSR count). The number of carbonyl (C=O) groups is 2. The van der Waals surface area contributed by atoms with Crippen LogP contribution in [0.5, 0.6) is 11.5 Å². The van der Waals surface area contributed by atoms with Crippen LogP contribution in [0, 0.1) is 0 Å². The maximum atomic E-state index is 12.1. The highest BCUT2D eigenvalue weighted by Gasteiger charge is 2.10. The third-order valence-electron chi connectivity index (χ3n) is 4.62. The van der Waals surface area contributed by atoms with Crippen molar-refractivity contribution < 1.29 is 19.1 Å². The molecule has 2 N–H and O–H groups in total. The molecule has 0 atom stereocenters. The monoisotopic (exact) mass is 462 g/mol. The number of anilines is 1. The molecular weight excluding hydrogens is 436 g/mol. The Balaban J connectivity index is 1.30. The fourth-order valence-corrected chi connectivity index (χ4v) is 3.21. The van der Waals surface area contributed by atoms with Gasteiger partial charge in [-0.2, -0.15) is 0 Å². The van der Waals surface area contributed by atoms with E-state index in [1.165, 1.54) is 5.56 Å². The van der Waals surface area contributed by atoms with Crippen LogP contribution in [0.2, 0.25) is 0 Å². The van der Waals surface area contributed by atoms with E-state index in [0.29, 0.717) is 18.0 Å². The van der Waals surface area contributed by atoms with Crippen molar-refractivity contribution >= 4 is 34.9 Å². The molecule has 0 bridgehead atoms. The van der Waals surface area contributed by atoms with E-state index >= 15 is 0 Å². The molecule has 0 aliphatic heterocycles. The summed E-state index contributed by atoms with van der Waals surface area (Å²) in [5.74, 6) is 0.684. The Bertz CT molecular complexity index is 1040. The number of thiocarbonyl (C=S) groups is 1. The summed E-state index contributed by atoms with van der Waals surface area (Å²) in [6, 6.07) is 26.7. The van der Waals surface area contributed by atoms with Gasteiger partial charge >= 0.3 is 5.97 Å². The molecule has 0 aliphatic rings. The summed E-state index contributed by atoms with van der Waals surface area (Å²) in [5, 5.41) is 5.67. The summed E-state index contributed by atoms with van der Waals surface area (Å²) >= 11 is 5.17. The number of hydrogen-bond donors (Lipinski definition) is 2. The van der Waals surface area contributed by atoms with Gasteiger partial charge in [-0.25, -0.2) is 0 Å². The van der Waals surface area contributed by atoms with Gasteiger partial charge in [0.05, 0.1) is 13.0 Å². The van der Waals surface area contributed by atoms with Gasteiger partial charge in [0.15, 0.2) is 5.11 Å². The Hall–Kier alpha value is -3.71. The molecule has 33 heavy (non-hydrogen) atoms. The van der Waals surface area contributed by atoms with Crippen molar-refractivity contribution in [2.45, 2.75) is 25.7 Å². The van der Waals surface area contributed by atoms with E-state index in [1.807, 2.05) is 60.7 Å². The smallest absolute Gasteiger partial charge is 0.306 e. The minimum atomic E-state index is -0.397. The minimum Gasteiger partial charge on any atom is -0.466 e. The number of ether oxygens (including phenoxy) is 2. The number of amides is 1. The first kappa shape index (κ1) is 23.9. The topological polar surface area (TPSA) is 76.7 Å². The van der Waals surface area contributed by atoms with Crippen LogP contribution in [0.15, 0.2) is 84.9 Å². The Morgan fingerprint density at radius 3 is 2.12 bits per heavy atom. The van der Waals surface area contributed by atoms with Crippen molar-refractivity contribution in [2.75, 3.05) is 11.9 Å². The average molecular weight is 463 g/mol. The highest BCUT2D eigenvalue weighted by molar-refractivity contribution is 7.80. The predicted molar refractivity (Wildman–Crippen MR) is 132 cm³/mol. The van der Waals surface area contributed by atoms with E-state index in [1.54, 1.807) is 24.3 Å². The number of para-hydroxylation sites is 1. The molecule has 170 valence electrons. The average Bonchev–Trinajstić information content (AvgIpc) is 2.83. The zero-order valence-electron chi connectivity index (χ0n) is 18.2. The molecule has 0 aliphatic carbocycles. The molecule has 0 heterocycles. The van der Waals surface area contributed by atoms with Gasteiger partial charge in [-0.15, -0.1) is 0 Å². The molecule has 0 radical (unpaired) electrons. The zero-order valence-corrected chi connectivity index (χ0v) is 19.0. The first-order chi connectivity index (χ1) is 16.1. The molecule has 0 saturated carbocycles. The summed E-state index contributed by atoms with van der Waals surface area (Å²) < 4.78 is 10.9. The molecule has 0 spiro atoms. The summed E-state index contributed by atoms with van der Waals surface area (Å²) in [4.78, 5) is 23.9. The van der Waals surface area contributed by atoms with E-state index in [4.69, 9.17) is 21.7 Å². The Kier molecular flexibility index (Phi) is 9.42. The quantitative estimate of drug-likeness (QED) is 0.244. The van der Waals surface area contributed by atoms with Crippen LogP contribution >= 0.6 is 12.2 Å². The molecular formula is C26H26N2O4S. The number of benzene rings is 3. The lowest BCUT2D eigenvalue weighted by atomic mass is 10.1. The van der Waals surface area contributed by atoms with E-state index in [-0.39, 0.29) is 23.9 Å². The SMILES string of the molecule is O=C(CCC(=O)OCCCc1ccccc1)NC(=S)Nc1ccc(Oc2ccccc2)cc1. The van der Waals surface area contributed by atoms with Crippen molar-refractivity contribution in [2.24, 2.45) is 0 Å². The molecule has 0 fully saturated rings. The van der Waals surface area contributed by atoms with Gasteiger partial charge in [0, 0.05) is 12.1 Å². The molecule has 1 amide bonds. The fraction of sp³-hybridized carbons (Fsp3) is 0.192. The number of nitrogens with one attached hydrogen (secondary N) is 2. The zero-order chi connectivity index (χ0) is 23.3. The highest BCUT2D eigenvalue weighted by atomic mass is 32.1. The Morgan fingerprint density at radius 2 is 1.42 bits per heavy atom. The third kappa shape index (κ3) is 9.13. The van der Waals surface area contributed by atoms with Gasteiger partial charge in [0.2, 0.25) is 5.91 Å². The van der Waals surface area contributed by atoms with E-state index in [0.717, 1.165) is 18.6 Å². The van der Waals surface area contributed by atoms with E-state index in [2.05, 4.69) is 10.6 Å². The summed E-state index contributed by atoms with van der Waals surface area (Å²) in [6.45, 7) is 0.333. The van der Waals surface area contributed by atoms with Crippen molar-refractivity contribution in [1.29, 1.82) is 0 Å². The largest absolute Gasteiger partial charge is 0.466 e. The number of rotatable bonds is 10. The van der Waals surface area contributed by atoms with Crippen LogP contribution in [0.4, 0.5) is 5.69 Å². The van der Waals surface area contributed by atoms with Crippen LogP contribution in [-0.2, 0) is 20.7 Å². The Morgan fingerprint density at radius 1 is 0.788 bits per heavy atom. The van der Waals surface area contributed by atoms with Gasteiger partial charge in [0.25, 0.3) is 0 Å². The number of aryl methyl sites for hydroxylation is 1. The minimum absolute atomic E-state index is 0.00317. The number of esters is 1. The van der Waals surface area contributed by atoms with Crippen molar-refractivity contribution in [3.05, 3.63) is 90.5 Å². The molecule has 3 aromatic carbocycles. The number of carbonyl (C=O) groups excluding carboxylic acids is 2. The summed E-state index contributed by atoms with van der Waals surface area (Å²) in [6.07, 6.45) is 1.59. The highest BCUT2D eigenvalue weighted by Crippen LogP contribution is 2.22. The molecule has 7 heteroatoms. The predicted octanol–water partition coefficient (Wildman–Crippen LogP) is 5.25. The van der Waals surface area contributed by atoms with Crippen LogP contribution in [0.25, 0.3) is 0 Å². The van der Waals surface area contributed by atoms with Crippen molar-refractivity contribution in [3.8, 4) is 11.5 Å². The maximum absolute atomic E-state index is 12.1. The van der Waals surface area contributed by atoms with Crippen molar-refractivity contribution in [1.82, 2.24) is 5.32 Å². The molecule has 0 unspecified atom stereocenters. The normalized spacial score (nSPS) is 10.2. The summed E-state index contributed by atoms with van der Waals surface area (Å²) in [5.41, 5.74) is 1.91. The summed E-state index contributed by atoms with van der Waals surface area (Å²) in [7, 11) is 0. The number of hydrogen-bond acceptors (Lipinski definition) is 5. The second-order valence-corrected chi connectivity index (χ2v) is 7.66. The van der Waals surface area contributed by atoms with E-state index in [9.17, 15) is 9.59 Å². The first-order valence-electron chi connectivity index (χ1n) is 10.7. The second-order valence-electron chi connectivity index (χ2n) is 7.25. The standard InChI is InChI=1S/C26H26N2O4S/c29-24(17-18-25(30)31-19-7-10-20-8-3-1-4-9-20)28-26(33)27-21-13-15-23(16-14-21)32-22-11-5-2-6-12-22/h1-6,8-9,11-16H,7,10,17-19H2,(H2,27,28,29,33). The van der Waals surface area contributed by atoms with Crippen LogP contribution < -0.4 is 15.4 Å².